The number of benzene rings is 1. The molecule has 1 amide bonds. The number of amides is 1. The smallest absolute Gasteiger partial charge is 0.250 e. The maximum Gasteiger partial charge on any atom is 0.250 e. The molecule has 1 aromatic rings. The SMILES string of the molecule is CCN1c2cc(O)ccc2NC(=O)C12CC2. The second-order valence-corrected chi connectivity index (χ2v) is 4.43. The van der Waals surface area contributed by atoms with E-state index in [9.17, 15) is 9.90 Å². The van der Waals surface area contributed by atoms with E-state index in [2.05, 4.69) is 10.2 Å². The molecule has 0 unspecified atom stereocenters. The van der Waals surface area contributed by atoms with Crippen LogP contribution in [0.1, 0.15) is 19.8 Å². The molecule has 0 atom stereocenters. The van der Waals surface area contributed by atoms with Crippen LogP contribution in [0.5, 0.6) is 5.75 Å². The first-order chi connectivity index (χ1) is 7.67. The maximum absolute atomic E-state index is 12.0. The summed E-state index contributed by atoms with van der Waals surface area (Å²) in [6.45, 7) is 2.82. The number of likely N-dealkylation sites (N-methyl/N-ethyl adjacent to an activating group) is 1. The molecule has 84 valence electrons. The lowest BCUT2D eigenvalue weighted by Gasteiger charge is -2.37. The summed E-state index contributed by atoms with van der Waals surface area (Å²) >= 11 is 0. The van der Waals surface area contributed by atoms with Gasteiger partial charge in [0.25, 0.3) is 0 Å². The van der Waals surface area contributed by atoms with E-state index in [0.29, 0.717) is 0 Å². The molecule has 1 aromatic carbocycles. The Morgan fingerprint density at radius 3 is 2.88 bits per heavy atom. The number of hydrogen-bond donors (Lipinski definition) is 2. The molecule has 4 nitrogen and oxygen atoms in total. The number of anilines is 2. The van der Waals surface area contributed by atoms with Crippen molar-refractivity contribution < 1.29 is 9.90 Å². The maximum atomic E-state index is 12.0. The van der Waals surface area contributed by atoms with Crippen LogP contribution in [0.4, 0.5) is 11.4 Å². The average molecular weight is 218 g/mol. The summed E-state index contributed by atoms with van der Waals surface area (Å²) in [6, 6.07) is 5.07. The molecule has 2 N–H and O–H groups in total. The van der Waals surface area contributed by atoms with Gasteiger partial charge in [-0.05, 0) is 31.9 Å². The van der Waals surface area contributed by atoms with Crippen LogP contribution in [-0.2, 0) is 4.79 Å². The van der Waals surface area contributed by atoms with E-state index in [-0.39, 0.29) is 17.2 Å². The van der Waals surface area contributed by atoms with Gasteiger partial charge in [0.05, 0.1) is 11.4 Å². The molecule has 3 rings (SSSR count). The molecule has 1 aliphatic carbocycles. The lowest BCUT2D eigenvalue weighted by Crippen LogP contribution is -2.50. The van der Waals surface area contributed by atoms with Crippen LogP contribution < -0.4 is 10.2 Å². The molecule has 1 aliphatic heterocycles. The summed E-state index contributed by atoms with van der Waals surface area (Å²) in [5, 5.41) is 12.4. The van der Waals surface area contributed by atoms with Crippen molar-refractivity contribution in [3.05, 3.63) is 18.2 Å². The van der Waals surface area contributed by atoms with E-state index < -0.39 is 0 Å². The van der Waals surface area contributed by atoms with Gasteiger partial charge in [-0.1, -0.05) is 0 Å². The first-order valence-electron chi connectivity index (χ1n) is 5.59. The molecule has 0 radical (unpaired) electrons. The molecule has 0 bridgehead atoms. The third-order valence-electron chi connectivity index (χ3n) is 3.50. The highest BCUT2D eigenvalue weighted by Gasteiger charge is 2.56. The number of nitrogens with one attached hydrogen (secondary N) is 1. The molecular weight excluding hydrogens is 204 g/mol. The molecule has 1 spiro atoms. The standard InChI is InChI=1S/C12H14N2O2/c1-2-14-10-7-8(15)3-4-9(10)13-11(16)12(14)5-6-12/h3-4,7,15H,2,5-6H2,1H3,(H,13,16). The van der Waals surface area contributed by atoms with Crippen molar-refractivity contribution in [2.45, 2.75) is 25.3 Å². The van der Waals surface area contributed by atoms with Crippen LogP contribution in [0.2, 0.25) is 0 Å². The Morgan fingerprint density at radius 1 is 1.50 bits per heavy atom. The largest absolute Gasteiger partial charge is 0.508 e. The number of fused-ring (bicyclic) bond motifs is 1. The minimum absolute atomic E-state index is 0.0903. The number of phenols is 1. The van der Waals surface area contributed by atoms with Gasteiger partial charge in [-0.2, -0.15) is 0 Å². The summed E-state index contributed by atoms with van der Waals surface area (Å²) in [5.74, 6) is 0.330. The van der Waals surface area contributed by atoms with E-state index in [1.165, 1.54) is 0 Å². The predicted octanol–water partition coefficient (Wildman–Crippen LogP) is 1.70. The average Bonchev–Trinajstić information content (AvgIpc) is 3.03. The van der Waals surface area contributed by atoms with Gasteiger partial charge in [-0.3, -0.25) is 4.79 Å². The Balaban J connectivity index is 2.14. The second-order valence-electron chi connectivity index (χ2n) is 4.43. The van der Waals surface area contributed by atoms with Gasteiger partial charge in [-0.25, -0.2) is 0 Å². The zero-order chi connectivity index (χ0) is 11.3. The van der Waals surface area contributed by atoms with Crippen LogP contribution in [-0.4, -0.2) is 23.1 Å². The molecule has 0 saturated heterocycles. The quantitative estimate of drug-likeness (QED) is 0.705. The number of carbonyl (C=O) groups is 1. The zero-order valence-electron chi connectivity index (χ0n) is 9.16. The Hall–Kier alpha value is -1.71. The van der Waals surface area contributed by atoms with Crippen molar-refractivity contribution in [1.29, 1.82) is 0 Å². The lowest BCUT2D eigenvalue weighted by molar-refractivity contribution is -0.118. The minimum atomic E-state index is -0.338. The minimum Gasteiger partial charge on any atom is -0.508 e. The molecular formula is C12H14N2O2. The van der Waals surface area contributed by atoms with Crippen LogP contribution in [0.25, 0.3) is 0 Å². The van der Waals surface area contributed by atoms with Crippen molar-refractivity contribution in [2.24, 2.45) is 0 Å². The van der Waals surface area contributed by atoms with Gasteiger partial charge in [0.15, 0.2) is 0 Å². The van der Waals surface area contributed by atoms with E-state index in [1.54, 1.807) is 18.2 Å². The summed E-state index contributed by atoms with van der Waals surface area (Å²) < 4.78 is 0. The highest BCUT2D eigenvalue weighted by atomic mass is 16.3. The van der Waals surface area contributed by atoms with Crippen molar-refractivity contribution >= 4 is 17.3 Å². The van der Waals surface area contributed by atoms with Gasteiger partial charge >= 0.3 is 0 Å². The van der Waals surface area contributed by atoms with Crippen molar-refractivity contribution in [2.75, 3.05) is 16.8 Å². The highest BCUT2D eigenvalue weighted by Crippen LogP contribution is 2.50. The Bertz CT molecular complexity index is 466. The van der Waals surface area contributed by atoms with Gasteiger partial charge in [0.1, 0.15) is 11.3 Å². The predicted molar refractivity (Wildman–Crippen MR) is 61.7 cm³/mol. The number of rotatable bonds is 1. The summed E-state index contributed by atoms with van der Waals surface area (Å²) in [6.07, 6.45) is 1.81. The van der Waals surface area contributed by atoms with Crippen LogP contribution in [0.15, 0.2) is 18.2 Å². The fourth-order valence-electron chi connectivity index (χ4n) is 2.53. The lowest BCUT2D eigenvalue weighted by atomic mass is 10.1. The van der Waals surface area contributed by atoms with Crippen molar-refractivity contribution in [3.63, 3.8) is 0 Å². The molecule has 1 saturated carbocycles. The summed E-state index contributed by atoms with van der Waals surface area (Å²) in [4.78, 5) is 14.1. The van der Waals surface area contributed by atoms with Crippen LogP contribution >= 0.6 is 0 Å². The highest BCUT2D eigenvalue weighted by molar-refractivity contribution is 6.08. The second kappa shape index (κ2) is 2.90. The fourth-order valence-corrected chi connectivity index (χ4v) is 2.53. The van der Waals surface area contributed by atoms with E-state index in [4.69, 9.17) is 0 Å². The number of hydrogen-bond acceptors (Lipinski definition) is 3. The van der Waals surface area contributed by atoms with E-state index in [1.807, 2.05) is 6.92 Å². The number of carbonyl (C=O) groups excluding carboxylic acids is 1. The fraction of sp³-hybridized carbons (Fsp3) is 0.417. The van der Waals surface area contributed by atoms with Crippen LogP contribution in [0.3, 0.4) is 0 Å². The number of nitrogens with zero attached hydrogens (tertiary/aromatic N) is 1. The van der Waals surface area contributed by atoms with Crippen molar-refractivity contribution in [1.82, 2.24) is 0 Å². The molecule has 4 heteroatoms. The summed E-state index contributed by atoms with van der Waals surface area (Å²) in [7, 11) is 0. The monoisotopic (exact) mass is 218 g/mol. The molecule has 1 fully saturated rings. The Kier molecular flexibility index (Phi) is 1.73. The van der Waals surface area contributed by atoms with Gasteiger partial charge in [0.2, 0.25) is 5.91 Å². The molecule has 2 aliphatic rings. The summed E-state index contributed by atoms with van der Waals surface area (Å²) in [5.41, 5.74) is 1.39. The Morgan fingerprint density at radius 2 is 2.25 bits per heavy atom. The molecule has 1 heterocycles. The first-order valence-corrected chi connectivity index (χ1v) is 5.59. The van der Waals surface area contributed by atoms with E-state index >= 15 is 0 Å². The first kappa shape index (κ1) is 9.51. The van der Waals surface area contributed by atoms with E-state index in [0.717, 1.165) is 30.8 Å². The van der Waals surface area contributed by atoms with Crippen LogP contribution in [0, 0.1) is 0 Å². The third kappa shape index (κ3) is 1.07. The van der Waals surface area contributed by atoms with Gasteiger partial charge in [-0.15, -0.1) is 0 Å². The zero-order valence-corrected chi connectivity index (χ0v) is 9.16. The van der Waals surface area contributed by atoms with Gasteiger partial charge < -0.3 is 15.3 Å². The Labute approximate surface area is 93.9 Å². The third-order valence-corrected chi connectivity index (χ3v) is 3.50. The molecule has 16 heavy (non-hydrogen) atoms. The van der Waals surface area contributed by atoms with Crippen molar-refractivity contribution in [3.8, 4) is 5.75 Å². The number of aromatic hydroxyl groups is 1. The normalized spacial score (nSPS) is 20.6. The topological polar surface area (TPSA) is 52.6 Å². The molecule has 0 aromatic heterocycles. The van der Waals surface area contributed by atoms with Gasteiger partial charge in [0, 0.05) is 12.6 Å². The number of phenolic OH excluding ortho intramolecular Hbond substituents is 1.